The second-order valence-electron chi connectivity index (χ2n) is 7.67. The van der Waals surface area contributed by atoms with E-state index in [-0.39, 0.29) is 30.2 Å². The van der Waals surface area contributed by atoms with Gasteiger partial charge in [-0.1, -0.05) is 42.5 Å². The summed E-state index contributed by atoms with van der Waals surface area (Å²) in [6, 6.07) is 19.7. The number of carbonyl (C=O) groups excluding carboxylic acids is 1. The fourth-order valence-corrected chi connectivity index (χ4v) is 4.12. The van der Waals surface area contributed by atoms with Crippen LogP contribution in [-0.2, 0) is 28.0 Å². The first kappa shape index (κ1) is 26.3. The number of carboxylic acids is 1. The molecule has 3 aromatic carbocycles. The van der Waals surface area contributed by atoms with E-state index < -0.39 is 28.2 Å². The Labute approximate surface area is 208 Å². The van der Waals surface area contributed by atoms with E-state index in [9.17, 15) is 23.1 Å². The van der Waals surface area contributed by atoms with E-state index in [0.29, 0.717) is 16.8 Å². The third-order valence-corrected chi connectivity index (χ3v) is 6.00. The van der Waals surface area contributed by atoms with Gasteiger partial charge in [-0.3, -0.25) is 10.2 Å². The minimum absolute atomic E-state index is 0.00683. The van der Waals surface area contributed by atoms with Crippen LogP contribution in [0.15, 0.2) is 78.9 Å². The fourth-order valence-electron chi connectivity index (χ4n) is 3.12. The van der Waals surface area contributed by atoms with Crippen LogP contribution >= 0.6 is 0 Å². The van der Waals surface area contributed by atoms with Crippen LogP contribution in [0, 0.1) is 5.41 Å². The van der Waals surface area contributed by atoms with Gasteiger partial charge >= 0.3 is 11.9 Å². The SMILES string of the molecule is N=C(N)Nc1ccc(C(=O)Oc2ccc(CNS(=O)(=O)N[C@@H](Cc3ccccc3)C(=O)O)cc2)cc1. The molecule has 0 aliphatic heterocycles. The molecule has 0 radical (unpaired) electrons. The van der Waals surface area contributed by atoms with Crippen molar-refractivity contribution >= 4 is 33.8 Å². The number of carboxylic acid groups (broad SMARTS) is 1. The van der Waals surface area contributed by atoms with Crippen LogP contribution in [0.3, 0.4) is 0 Å². The standard InChI is InChI=1S/C24H25N5O6S/c25-24(26)28-19-10-8-18(9-11-19)23(32)35-20-12-6-17(7-13-20)15-27-36(33,34)29-21(22(30)31)14-16-4-2-1-3-5-16/h1-13,21,27,29H,14-15H2,(H,30,31)(H4,25,26,28)/t21-/m0/s1. The molecule has 12 heteroatoms. The number of esters is 1. The highest BCUT2D eigenvalue weighted by atomic mass is 32.2. The number of anilines is 1. The summed E-state index contributed by atoms with van der Waals surface area (Å²) in [4.78, 5) is 23.9. The fraction of sp³-hybridized carbons (Fsp3) is 0.125. The summed E-state index contributed by atoms with van der Waals surface area (Å²) < 4.78 is 34.5. The van der Waals surface area contributed by atoms with Crippen LogP contribution in [0.1, 0.15) is 21.5 Å². The average Bonchev–Trinajstić information content (AvgIpc) is 2.84. The molecule has 36 heavy (non-hydrogen) atoms. The van der Waals surface area contributed by atoms with Crippen molar-refractivity contribution in [2.24, 2.45) is 5.73 Å². The summed E-state index contributed by atoms with van der Waals surface area (Å²) in [5.41, 5.74) is 7.34. The topological polar surface area (TPSA) is 184 Å². The third kappa shape index (κ3) is 8.20. The first-order valence-corrected chi connectivity index (χ1v) is 12.2. The molecule has 0 bridgehead atoms. The van der Waals surface area contributed by atoms with E-state index in [0.717, 1.165) is 0 Å². The van der Waals surface area contributed by atoms with Crippen molar-refractivity contribution in [1.29, 1.82) is 5.41 Å². The molecular formula is C24H25N5O6S. The lowest BCUT2D eigenvalue weighted by molar-refractivity contribution is -0.138. The van der Waals surface area contributed by atoms with Gasteiger partial charge in [-0.15, -0.1) is 0 Å². The summed E-state index contributed by atoms with van der Waals surface area (Å²) in [5, 5.41) is 19.2. The van der Waals surface area contributed by atoms with Gasteiger partial charge in [0.1, 0.15) is 11.8 Å². The van der Waals surface area contributed by atoms with E-state index in [2.05, 4.69) is 14.8 Å². The number of hydrogen-bond acceptors (Lipinski definition) is 6. The van der Waals surface area contributed by atoms with Gasteiger partial charge in [0.2, 0.25) is 0 Å². The number of nitrogens with two attached hydrogens (primary N) is 1. The lowest BCUT2D eigenvalue weighted by Crippen LogP contribution is -2.47. The number of hydrogen-bond donors (Lipinski definition) is 6. The molecule has 0 aliphatic rings. The van der Waals surface area contributed by atoms with Crippen LogP contribution in [0.2, 0.25) is 0 Å². The Kier molecular flexibility index (Phi) is 8.73. The molecule has 0 spiro atoms. The van der Waals surface area contributed by atoms with Crippen LogP contribution in [0.4, 0.5) is 5.69 Å². The van der Waals surface area contributed by atoms with Crippen molar-refractivity contribution in [3.05, 3.63) is 95.6 Å². The van der Waals surface area contributed by atoms with Crippen molar-refractivity contribution in [1.82, 2.24) is 9.44 Å². The monoisotopic (exact) mass is 511 g/mol. The molecule has 188 valence electrons. The maximum Gasteiger partial charge on any atom is 0.343 e. The van der Waals surface area contributed by atoms with Gasteiger partial charge in [0.15, 0.2) is 5.96 Å². The van der Waals surface area contributed by atoms with Gasteiger partial charge in [-0.25, -0.2) is 4.79 Å². The minimum atomic E-state index is -4.11. The lowest BCUT2D eigenvalue weighted by atomic mass is 10.1. The Hall–Kier alpha value is -4.26. The Morgan fingerprint density at radius 3 is 2.17 bits per heavy atom. The highest BCUT2D eigenvalue weighted by Crippen LogP contribution is 2.16. The Morgan fingerprint density at radius 2 is 1.58 bits per heavy atom. The molecule has 0 aliphatic carbocycles. The van der Waals surface area contributed by atoms with Crippen molar-refractivity contribution < 1.29 is 27.9 Å². The van der Waals surface area contributed by atoms with E-state index in [1.54, 1.807) is 54.6 Å². The molecule has 0 unspecified atom stereocenters. The summed E-state index contributed by atoms with van der Waals surface area (Å²) in [6.45, 7) is -0.105. The van der Waals surface area contributed by atoms with Crippen molar-refractivity contribution in [3.63, 3.8) is 0 Å². The molecule has 0 aromatic heterocycles. The second-order valence-corrected chi connectivity index (χ2v) is 9.20. The summed E-state index contributed by atoms with van der Waals surface area (Å²) in [7, 11) is -4.11. The van der Waals surface area contributed by atoms with Crippen LogP contribution in [0.25, 0.3) is 0 Å². The number of carbonyl (C=O) groups is 2. The normalized spacial score (nSPS) is 11.9. The largest absolute Gasteiger partial charge is 0.480 e. The number of rotatable bonds is 11. The molecule has 11 nitrogen and oxygen atoms in total. The Balaban J connectivity index is 1.53. The molecule has 3 rings (SSSR count). The summed E-state index contributed by atoms with van der Waals surface area (Å²) >= 11 is 0. The van der Waals surface area contributed by atoms with Gasteiger partial charge in [0, 0.05) is 12.2 Å². The number of nitrogens with one attached hydrogen (secondary N) is 4. The third-order valence-electron chi connectivity index (χ3n) is 4.88. The number of aliphatic carboxylic acids is 1. The van der Waals surface area contributed by atoms with Crippen molar-refractivity contribution in [2.75, 3.05) is 5.32 Å². The Morgan fingerprint density at radius 1 is 0.944 bits per heavy atom. The minimum Gasteiger partial charge on any atom is -0.480 e. The molecule has 0 fully saturated rings. The maximum atomic E-state index is 12.4. The highest BCUT2D eigenvalue weighted by Gasteiger charge is 2.24. The molecule has 0 amide bonds. The lowest BCUT2D eigenvalue weighted by Gasteiger charge is -2.15. The molecule has 1 atom stereocenters. The predicted octanol–water partition coefficient (Wildman–Crippen LogP) is 1.83. The van der Waals surface area contributed by atoms with Gasteiger partial charge < -0.3 is 20.9 Å². The van der Waals surface area contributed by atoms with Gasteiger partial charge in [0.05, 0.1) is 5.56 Å². The molecule has 0 saturated heterocycles. The predicted molar refractivity (Wildman–Crippen MR) is 134 cm³/mol. The van der Waals surface area contributed by atoms with Crippen molar-refractivity contribution in [2.45, 2.75) is 19.0 Å². The quantitative estimate of drug-likeness (QED) is 0.0974. The zero-order chi connectivity index (χ0) is 26.1. The van der Waals surface area contributed by atoms with Gasteiger partial charge in [0.25, 0.3) is 10.2 Å². The summed E-state index contributed by atoms with van der Waals surface area (Å²) in [6.07, 6.45) is -0.00683. The number of ether oxygens (including phenoxy) is 1. The van der Waals surface area contributed by atoms with Crippen LogP contribution in [-0.4, -0.2) is 37.5 Å². The average molecular weight is 512 g/mol. The van der Waals surface area contributed by atoms with Crippen LogP contribution in [0.5, 0.6) is 5.75 Å². The molecular weight excluding hydrogens is 486 g/mol. The van der Waals surface area contributed by atoms with E-state index >= 15 is 0 Å². The highest BCUT2D eigenvalue weighted by molar-refractivity contribution is 7.87. The molecule has 7 N–H and O–H groups in total. The van der Waals surface area contributed by atoms with Gasteiger partial charge in [-0.2, -0.15) is 17.9 Å². The van der Waals surface area contributed by atoms with Crippen molar-refractivity contribution in [3.8, 4) is 5.75 Å². The smallest absolute Gasteiger partial charge is 0.343 e. The van der Waals surface area contributed by atoms with Gasteiger partial charge in [-0.05, 0) is 53.9 Å². The second kappa shape index (κ2) is 11.9. The van der Waals surface area contributed by atoms with E-state index in [1.165, 1.54) is 24.3 Å². The Bertz CT molecular complexity index is 1310. The van der Waals surface area contributed by atoms with Crippen LogP contribution < -0.4 is 25.2 Å². The zero-order valence-corrected chi connectivity index (χ0v) is 19.8. The number of benzene rings is 3. The van der Waals surface area contributed by atoms with E-state index in [4.69, 9.17) is 15.9 Å². The first-order chi connectivity index (χ1) is 17.1. The summed E-state index contributed by atoms with van der Waals surface area (Å²) in [5.74, 6) is -1.86. The first-order valence-electron chi connectivity index (χ1n) is 10.7. The zero-order valence-electron chi connectivity index (χ0n) is 19.0. The molecule has 3 aromatic rings. The van der Waals surface area contributed by atoms with E-state index in [1.807, 2.05) is 0 Å². The number of guanidine groups is 1. The molecule has 0 saturated carbocycles. The molecule has 0 heterocycles. The maximum absolute atomic E-state index is 12.4.